The van der Waals surface area contributed by atoms with Crippen molar-refractivity contribution >= 4 is 38.5 Å². The number of hydrogen-bond acceptors (Lipinski definition) is 2. The standard InChI is InChI=1S/C16H16BrIO2/c1-19-15-8-3-11(10-16(15)20-2)9-14(17)12-4-6-13(18)7-5-12/h3-8,10,14H,9H2,1-2H3. The molecule has 0 bridgehead atoms. The van der Waals surface area contributed by atoms with Gasteiger partial charge in [-0.3, -0.25) is 0 Å². The molecule has 4 heteroatoms. The molecule has 0 amide bonds. The normalized spacial score (nSPS) is 12.0. The largest absolute Gasteiger partial charge is 0.493 e. The fraction of sp³-hybridized carbons (Fsp3) is 0.250. The van der Waals surface area contributed by atoms with Crippen LogP contribution >= 0.6 is 38.5 Å². The summed E-state index contributed by atoms with van der Waals surface area (Å²) in [6.07, 6.45) is 0.904. The topological polar surface area (TPSA) is 18.5 Å². The van der Waals surface area contributed by atoms with Gasteiger partial charge in [0, 0.05) is 8.40 Å². The minimum atomic E-state index is 0.289. The minimum absolute atomic E-state index is 0.289. The average Bonchev–Trinajstić information content (AvgIpc) is 2.47. The van der Waals surface area contributed by atoms with Crippen LogP contribution in [0.25, 0.3) is 0 Å². The zero-order valence-electron chi connectivity index (χ0n) is 11.4. The Morgan fingerprint density at radius 2 is 1.65 bits per heavy atom. The van der Waals surface area contributed by atoms with E-state index in [2.05, 4.69) is 68.9 Å². The molecule has 2 aromatic carbocycles. The molecule has 2 aromatic rings. The van der Waals surface area contributed by atoms with E-state index in [4.69, 9.17) is 9.47 Å². The third kappa shape index (κ3) is 3.88. The number of rotatable bonds is 5. The van der Waals surface area contributed by atoms with Crippen molar-refractivity contribution in [2.45, 2.75) is 11.2 Å². The number of methoxy groups -OCH3 is 2. The summed E-state index contributed by atoms with van der Waals surface area (Å²) in [7, 11) is 3.31. The van der Waals surface area contributed by atoms with E-state index in [1.165, 1.54) is 14.7 Å². The Bertz CT molecular complexity index is 569. The van der Waals surface area contributed by atoms with Crippen molar-refractivity contribution in [1.29, 1.82) is 0 Å². The predicted octanol–water partition coefficient (Wildman–Crippen LogP) is 4.99. The number of benzene rings is 2. The fourth-order valence-corrected chi connectivity index (χ4v) is 3.04. The zero-order chi connectivity index (χ0) is 14.5. The number of ether oxygens (including phenoxy) is 2. The van der Waals surface area contributed by atoms with Gasteiger partial charge in [0.25, 0.3) is 0 Å². The van der Waals surface area contributed by atoms with E-state index >= 15 is 0 Å². The molecule has 0 saturated carbocycles. The van der Waals surface area contributed by atoms with Gasteiger partial charge in [-0.1, -0.05) is 34.1 Å². The average molecular weight is 447 g/mol. The van der Waals surface area contributed by atoms with Crippen molar-refractivity contribution in [3.8, 4) is 11.5 Å². The third-order valence-corrected chi connectivity index (χ3v) is 4.67. The molecule has 0 N–H and O–H groups in total. The van der Waals surface area contributed by atoms with E-state index in [-0.39, 0.29) is 4.83 Å². The molecular weight excluding hydrogens is 431 g/mol. The van der Waals surface area contributed by atoms with Crippen molar-refractivity contribution in [1.82, 2.24) is 0 Å². The van der Waals surface area contributed by atoms with Gasteiger partial charge in [-0.2, -0.15) is 0 Å². The molecular formula is C16H16BrIO2. The second-order valence-electron chi connectivity index (χ2n) is 4.41. The number of hydrogen-bond donors (Lipinski definition) is 0. The van der Waals surface area contributed by atoms with Gasteiger partial charge in [0.2, 0.25) is 0 Å². The molecule has 0 saturated heterocycles. The molecule has 0 heterocycles. The van der Waals surface area contributed by atoms with Crippen LogP contribution in [0.15, 0.2) is 42.5 Å². The van der Waals surface area contributed by atoms with Gasteiger partial charge in [0.05, 0.1) is 14.2 Å². The first kappa shape index (κ1) is 15.6. The summed E-state index contributed by atoms with van der Waals surface area (Å²) >= 11 is 6.07. The van der Waals surface area contributed by atoms with Gasteiger partial charge >= 0.3 is 0 Å². The van der Waals surface area contributed by atoms with Crippen LogP contribution in [0.3, 0.4) is 0 Å². The van der Waals surface area contributed by atoms with Crippen molar-refractivity contribution in [3.63, 3.8) is 0 Å². The molecule has 0 aliphatic heterocycles. The molecule has 2 nitrogen and oxygen atoms in total. The lowest BCUT2D eigenvalue weighted by Gasteiger charge is -2.13. The second kappa shape index (κ2) is 7.31. The first-order valence-electron chi connectivity index (χ1n) is 6.24. The summed E-state index contributed by atoms with van der Waals surface area (Å²) < 4.78 is 11.8. The summed E-state index contributed by atoms with van der Waals surface area (Å²) in [6.45, 7) is 0. The monoisotopic (exact) mass is 446 g/mol. The van der Waals surface area contributed by atoms with Crippen LogP contribution in [0.1, 0.15) is 16.0 Å². The quantitative estimate of drug-likeness (QED) is 0.476. The van der Waals surface area contributed by atoms with Crippen molar-refractivity contribution < 1.29 is 9.47 Å². The molecule has 106 valence electrons. The molecule has 0 fully saturated rings. The lowest BCUT2D eigenvalue weighted by molar-refractivity contribution is 0.354. The smallest absolute Gasteiger partial charge is 0.160 e. The zero-order valence-corrected chi connectivity index (χ0v) is 15.1. The maximum Gasteiger partial charge on any atom is 0.160 e. The van der Waals surface area contributed by atoms with Crippen LogP contribution in [0, 0.1) is 3.57 Å². The molecule has 1 atom stereocenters. The van der Waals surface area contributed by atoms with Crippen LogP contribution in [0.5, 0.6) is 11.5 Å². The lowest BCUT2D eigenvalue weighted by atomic mass is 10.0. The highest BCUT2D eigenvalue weighted by Gasteiger charge is 2.11. The molecule has 0 aromatic heterocycles. The highest BCUT2D eigenvalue weighted by atomic mass is 127. The van der Waals surface area contributed by atoms with Gasteiger partial charge in [0.1, 0.15) is 0 Å². The van der Waals surface area contributed by atoms with Crippen LogP contribution in [0.2, 0.25) is 0 Å². The Balaban J connectivity index is 2.15. The van der Waals surface area contributed by atoms with E-state index in [1.54, 1.807) is 14.2 Å². The Morgan fingerprint density at radius 1 is 1.00 bits per heavy atom. The summed E-state index contributed by atoms with van der Waals surface area (Å²) in [4.78, 5) is 0.289. The summed E-state index contributed by atoms with van der Waals surface area (Å²) in [5, 5.41) is 0. The first-order chi connectivity index (χ1) is 9.63. The lowest BCUT2D eigenvalue weighted by Crippen LogP contribution is -1.97. The maximum absolute atomic E-state index is 5.34. The fourth-order valence-electron chi connectivity index (χ4n) is 2.00. The summed E-state index contributed by atoms with van der Waals surface area (Å²) in [5.74, 6) is 1.53. The SMILES string of the molecule is COc1ccc(CC(Br)c2ccc(I)cc2)cc1OC. The van der Waals surface area contributed by atoms with Crippen molar-refractivity contribution in [2.75, 3.05) is 14.2 Å². The van der Waals surface area contributed by atoms with E-state index < -0.39 is 0 Å². The van der Waals surface area contributed by atoms with Crippen LogP contribution in [-0.4, -0.2) is 14.2 Å². The van der Waals surface area contributed by atoms with Gasteiger partial charge in [-0.15, -0.1) is 0 Å². The third-order valence-electron chi connectivity index (χ3n) is 3.09. The number of halogens is 2. The van der Waals surface area contributed by atoms with E-state index in [0.29, 0.717) is 0 Å². The number of alkyl halides is 1. The Morgan fingerprint density at radius 3 is 2.25 bits per heavy atom. The Hall–Kier alpha value is -0.750. The summed E-state index contributed by atoms with van der Waals surface area (Å²) in [5.41, 5.74) is 2.49. The highest BCUT2D eigenvalue weighted by molar-refractivity contribution is 14.1. The van der Waals surface area contributed by atoms with Crippen LogP contribution in [0.4, 0.5) is 0 Å². The summed E-state index contributed by atoms with van der Waals surface area (Å²) in [6, 6.07) is 14.6. The van der Waals surface area contributed by atoms with E-state index in [0.717, 1.165) is 17.9 Å². The maximum atomic E-state index is 5.34. The molecule has 1 unspecified atom stereocenters. The van der Waals surface area contributed by atoms with Gasteiger partial charge in [-0.05, 0) is 64.4 Å². The Kier molecular flexibility index (Phi) is 5.72. The first-order valence-corrected chi connectivity index (χ1v) is 8.24. The molecule has 0 radical (unpaired) electrons. The van der Waals surface area contributed by atoms with Crippen molar-refractivity contribution in [2.24, 2.45) is 0 Å². The second-order valence-corrected chi connectivity index (χ2v) is 6.76. The molecule has 20 heavy (non-hydrogen) atoms. The van der Waals surface area contributed by atoms with E-state index in [9.17, 15) is 0 Å². The molecule has 0 aliphatic carbocycles. The van der Waals surface area contributed by atoms with Gasteiger partial charge in [-0.25, -0.2) is 0 Å². The molecule has 0 aliphatic rings. The van der Waals surface area contributed by atoms with Crippen LogP contribution in [-0.2, 0) is 6.42 Å². The van der Waals surface area contributed by atoms with Crippen LogP contribution < -0.4 is 9.47 Å². The predicted molar refractivity (Wildman–Crippen MR) is 94.1 cm³/mol. The van der Waals surface area contributed by atoms with E-state index in [1.807, 2.05) is 12.1 Å². The van der Waals surface area contributed by atoms with Gasteiger partial charge < -0.3 is 9.47 Å². The Labute approximate surface area is 141 Å². The highest BCUT2D eigenvalue weighted by Crippen LogP contribution is 2.32. The molecule has 0 spiro atoms. The minimum Gasteiger partial charge on any atom is -0.493 e. The van der Waals surface area contributed by atoms with Crippen molar-refractivity contribution in [3.05, 3.63) is 57.2 Å². The van der Waals surface area contributed by atoms with Gasteiger partial charge in [0.15, 0.2) is 11.5 Å². The molecule has 2 rings (SSSR count).